The van der Waals surface area contributed by atoms with Crippen LogP contribution in [0.15, 0.2) is 79.3 Å². The van der Waals surface area contributed by atoms with Crippen LogP contribution in [0.3, 0.4) is 0 Å². The van der Waals surface area contributed by atoms with E-state index in [9.17, 15) is 9.59 Å². The Morgan fingerprint density at radius 2 is 1.79 bits per heavy atom. The van der Waals surface area contributed by atoms with Crippen molar-refractivity contribution in [1.82, 2.24) is 14.6 Å². The first-order valence-electron chi connectivity index (χ1n) is 8.77. The summed E-state index contributed by atoms with van der Waals surface area (Å²) >= 11 is 0. The number of carbonyl (C=O) groups excluding carboxylic acids is 2. The van der Waals surface area contributed by atoms with Crippen molar-refractivity contribution in [3.05, 3.63) is 84.8 Å². The SMILES string of the molecule is O=C(COC(=O)c1ccc2nncn2c1)Nc1cccc(Oc2ccccc2)c1. The number of pyridine rings is 1. The number of amides is 1. The van der Waals surface area contributed by atoms with E-state index in [1.54, 1.807) is 47.0 Å². The third-order valence-electron chi connectivity index (χ3n) is 3.96. The number of hydrogen-bond acceptors (Lipinski definition) is 6. The second-order valence-corrected chi connectivity index (χ2v) is 6.08. The zero-order valence-corrected chi connectivity index (χ0v) is 15.2. The van der Waals surface area contributed by atoms with Crippen molar-refractivity contribution in [1.29, 1.82) is 0 Å². The van der Waals surface area contributed by atoms with Crippen molar-refractivity contribution in [2.75, 3.05) is 11.9 Å². The Balaban J connectivity index is 1.33. The van der Waals surface area contributed by atoms with Crippen LogP contribution in [-0.2, 0) is 9.53 Å². The zero-order chi connectivity index (χ0) is 20.1. The van der Waals surface area contributed by atoms with Crippen LogP contribution in [-0.4, -0.2) is 33.1 Å². The first-order chi connectivity index (χ1) is 14.2. The number of esters is 1. The maximum Gasteiger partial charge on any atom is 0.340 e. The second kappa shape index (κ2) is 8.22. The molecule has 1 N–H and O–H groups in total. The largest absolute Gasteiger partial charge is 0.457 e. The number of aromatic nitrogens is 3. The number of benzene rings is 2. The topological polar surface area (TPSA) is 94.8 Å². The van der Waals surface area contributed by atoms with Gasteiger partial charge in [0, 0.05) is 18.0 Å². The van der Waals surface area contributed by atoms with Crippen molar-refractivity contribution < 1.29 is 19.1 Å². The summed E-state index contributed by atoms with van der Waals surface area (Å²) < 4.78 is 12.4. The molecule has 8 heteroatoms. The fourth-order valence-electron chi connectivity index (χ4n) is 2.62. The summed E-state index contributed by atoms with van der Waals surface area (Å²) in [6.45, 7) is -0.414. The molecule has 0 saturated heterocycles. The lowest BCUT2D eigenvalue weighted by Gasteiger charge is -2.09. The van der Waals surface area contributed by atoms with Gasteiger partial charge in [0.2, 0.25) is 0 Å². The van der Waals surface area contributed by atoms with Crippen LogP contribution in [0, 0.1) is 0 Å². The summed E-state index contributed by atoms with van der Waals surface area (Å²) in [4.78, 5) is 24.3. The molecular weight excluding hydrogens is 372 g/mol. The highest BCUT2D eigenvalue weighted by molar-refractivity contribution is 5.95. The van der Waals surface area contributed by atoms with Gasteiger partial charge in [-0.3, -0.25) is 9.20 Å². The summed E-state index contributed by atoms with van der Waals surface area (Å²) in [5.41, 5.74) is 1.44. The fraction of sp³-hybridized carbons (Fsp3) is 0.0476. The molecule has 0 aliphatic rings. The van der Waals surface area contributed by atoms with Crippen molar-refractivity contribution in [3.63, 3.8) is 0 Å². The third kappa shape index (κ3) is 4.56. The monoisotopic (exact) mass is 388 g/mol. The summed E-state index contributed by atoms with van der Waals surface area (Å²) in [6.07, 6.45) is 3.02. The summed E-state index contributed by atoms with van der Waals surface area (Å²) in [6, 6.07) is 19.5. The van der Waals surface area contributed by atoms with Crippen molar-refractivity contribution >= 4 is 23.2 Å². The Labute approximate surface area is 165 Å². The Morgan fingerprint density at radius 3 is 2.66 bits per heavy atom. The fourth-order valence-corrected chi connectivity index (χ4v) is 2.62. The summed E-state index contributed by atoms with van der Waals surface area (Å²) in [7, 11) is 0. The molecule has 0 fully saturated rings. The van der Waals surface area contributed by atoms with Gasteiger partial charge in [0.1, 0.15) is 17.8 Å². The number of ether oxygens (including phenoxy) is 2. The lowest BCUT2D eigenvalue weighted by Crippen LogP contribution is -2.21. The van der Waals surface area contributed by atoms with Crippen LogP contribution in [0.4, 0.5) is 5.69 Å². The van der Waals surface area contributed by atoms with E-state index >= 15 is 0 Å². The molecule has 2 heterocycles. The minimum atomic E-state index is -0.614. The molecule has 29 heavy (non-hydrogen) atoms. The number of fused-ring (bicyclic) bond motifs is 1. The Kier molecular flexibility index (Phi) is 5.15. The van der Waals surface area contributed by atoms with E-state index in [4.69, 9.17) is 9.47 Å². The molecule has 0 unspecified atom stereocenters. The van der Waals surface area contributed by atoms with Crippen LogP contribution in [0.25, 0.3) is 5.65 Å². The normalized spacial score (nSPS) is 10.5. The minimum absolute atomic E-state index is 0.295. The van der Waals surface area contributed by atoms with Gasteiger partial charge in [0.25, 0.3) is 5.91 Å². The quantitative estimate of drug-likeness (QED) is 0.509. The van der Waals surface area contributed by atoms with Crippen molar-refractivity contribution in [2.24, 2.45) is 0 Å². The number of hydrogen-bond donors (Lipinski definition) is 1. The highest BCUT2D eigenvalue weighted by Gasteiger charge is 2.12. The standard InChI is InChI=1S/C21H16N4O4/c26-20(13-28-21(27)15-9-10-19-24-22-14-25(19)12-15)23-16-5-4-8-18(11-16)29-17-6-2-1-3-7-17/h1-12,14H,13H2,(H,23,26). The number of anilines is 1. The molecule has 0 bridgehead atoms. The molecule has 2 aromatic carbocycles. The van der Waals surface area contributed by atoms with Gasteiger partial charge in [0.05, 0.1) is 5.56 Å². The van der Waals surface area contributed by atoms with Crippen LogP contribution >= 0.6 is 0 Å². The summed E-state index contributed by atoms with van der Waals surface area (Å²) in [5, 5.41) is 10.3. The average molecular weight is 388 g/mol. The van der Waals surface area contributed by atoms with Gasteiger partial charge in [-0.2, -0.15) is 0 Å². The zero-order valence-electron chi connectivity index (χ0n) is 15.2. The minimum Gasteiger partial charge on any atom is -0.457 e. The van der Waals surface area contributed by atoms with Crippen molar-refractivity contribution in [2.45, 2.75) is 0 Å². The van der Waals surface area contributed by atoms with E-state index in [2.05, 4.69) is 15.5 Å². The average Bonchev–Trinajstić information content (AvgIpc) is 3.21. The molecule has 144 valence electrons. The van der Waals surface area contributed by atoms with Gasteiger partial charge in [-0.1, -0.05) is 24.3 Å². The molecule has 0 atom stereocenters. The predicted octanol–water partition coefficient (Wildman–Crippen LogP) is 3.32. The molecule has 0 aliphatic carbocycles. The molecule has 1 amide bonds. The number of rotatable bonds is 6. The van der Waals surface area contributed by atoms with Crippen LogP contribution < -0.4 is 10.1 Å². The molecule has 0 spiro atoms. The van der Waals surface area contributed by atoms with Crippen LogP contribution in [0.2, 0.25) is 0 Å². The first-order valence-corrected chi connectivity index (χ1v) is 8.77. The van der Waals surface area contributed by atoms with Gasteiger partial charge in [0.15, 0.2) is 12.3 Å². The van der Waals surface area contributed by atoms with Gasteiger partial charge in [-0.25, -0.2) is 4.79 Å². The summed E-state index contributed by atoms with van der Waals surface area (Å²) in [5.74, 6) is 0.195. The van der Waals surface area contributed by atoms with Gasteiger partial charge in [-0.05, 0) is 36.4 Å². The smallest absolute Gasteiger partial charge is 0.340 e. The van der Waals surface area contributed by atoms with Gasteiger partial charge in [-0.15, -0.1) is 10.2 Å². The second-order valence-electron chi connectivity index (χ2n) is 6.08. The molecule has 0 radical (unpaired) electrons. The molecule has 4 aromatic rings. The van der Waals surface area contributed by atoms with Crippen LogP contribution in [0.1, 0.15) is 10.4 Å². The van der Waals surface area contributed by atoms with Crippen molar-refractivity contribution in [3.8, 4) is 11.5 Å². The molecule has 0 aliphatic heterocycles. The van der Waals surface area contributed by atoms with E-state index in [1.165, 1.54) is 6.33 Å². The number of carbonyl (C=O) groups is 2. The third-order valence-corrected chi connectivity index (χ3v) is 3.96. The van der Waals surface area contributed by atoms with Gasteiger partial charge >= 0.3 is 5.97 Å². The van der Waals surface area contributed by atoms with E-state index in [-0.39, 0.29) is 0 Å². The first kappa shape index (κ1) is 18.2. The van der Waals surface area contributed by atoms with Gasteiger partial charge < -0.3 is 14.8 Å². The molecule has 4 rings (SSSR count). The highest BCUT2D eigenvalue weighted by Crippen LogP contribution is 2.23. The lowest BCUT2D eigenvalue weighted by molar-refractivity contribution is -0.119. The van der Waals surface area contributed by atoms with E-state index in [0.717, 1.165) is 0 Å². The van der Waals surface area contributed by atoms with E-state index in [0.29, 0.717) is 28.4 Å². The molecular formula is C21H16N4O4. The maximum absolute atomic E-state index is 12.1. The van der Waals surface area contributed by atoms with E-state index < -0.39 is 18.5 Å². The Morgan fingerprint density at radius 1 is 0.966 bits per heavy atom. The number of para-hydroxylation sites is 1. The number of nitrogens with zero attached hydrogens (tertiary/aromatic N) is 3. The molecule has 0 saturated carbocycles. The molecule has 2 aromatic heterocycles. The van der Waals surface area contributed by atoms with E-state index in [1.807, 2.05) is 30.3 Å². The van der Waals surface area contributed by atoms with Crippen LogP contribution in [0.5, 0.6) is 11.5 Å². The lowest BCUT2D eigenvalue weighted by atomic mass is 10.3. The Bertz CT molecular complexity index is 1160. The number of nitrogens with one attached hydrogen (secondary N) is 1. The maximum atomic E-state index is 12.1. The predicted molar refractivity (Wildman–Crippen MR) is 105 cm³/mol. The molecule has 8 nitrogen and oxygen atoms in total. The highest BCUT2D eigenvalue weighted by atomic mass is 16.5. The Hall–Kier alpha value is -4.20.